The molecule has 1 unspecified atom stereocenters. The second-order valence-electron chi connectivity index (χ2n) is 6.60. The fourth-order valence-electron chi connectivity index (χ4n) is 2.89. The van der Waals surface area contributed by atoms with Crippen LogP contribution in [0.4, 0.5) is 5.69 Å². The molecule has 2 aromatic rings. The number of anilines is 1. The molecule has 0 spiro atoms. The average molecular weight is 382 g/mol. The van der Waals surface area contributed by atoms with E-state index in [0.717, 1.165) is 19.3 Å². The third kappa shape index (κ3) is 4.72. The van der Waals surface area contributed by atoms with Gasteiger partial charge in [0.15, 0.2) is 5.69 Å². The van der Waals surface area contributed by atoms with Crippen molar-refractivity contribution in [3.05, 3.63) is 42.0 Å². The Morgan fingerprint density at radius 3 is 2.93 bits per heavy atom. The number of hydrogen-bond acceptors (Lipinski definition) is 6. The van der Waals surface area contributed by atoms with E-state index in [0.29, 0.717) is 6.61 Å². The minimum Gasteiger partial charge on any atom is -0.357 e. The number of carbonyl (C=O) groups excluding carboxylic acids is 2. The molecule has 3 rings (SSSR count). The Morgan fingerprint density at radius 2 is 2.25 bits per heavy atom. The SMILES string of the molecule is C[C@H](CC#N)NC(=O)c1nn(C2CCCCO2)cc1NC(=O)c1ccccn1. The zero-order chi connectivity index (χ0) is 19.9. The summed E-state index contributed by atoms with van der Waals surface area (Å²) < 4.78 is 7.29. The molecule has 0 aromatic carbocycles. The number of amides is 2. The molecule has 1 aliphatic heterocycles. The molecule has 146 valence electrons. The predicted octanol–water partition coefficient (Wildman–Crippen LogP) is 2.26. The molecule has 2 amide bonds. The Balaban J connectivity index is 1.85. The highest BCUT2D eigenvalue weighted by molar-refractivity contribution is 6.07. The molecule has 9 nitrogen and oxygen atoms in total. The highest BCUT2D eigenvalue weighted by Gasteiger charge is 2.24. The topological polar surface area (TPSA) is 122 Å². The van der Waals surface area contributed by atoms with Crippen LogP contribution in [0.1, 0.15) is 59.8 Å². The quantitative estimate of drug-likeness (QED) is 0.790. The summed E-state index contributed by atoms with van der Waals surface area (Å²) in [5.74, 6) is -0.905. The van der Waals surface area contributed by atoms with Crippen LogP contribution in [0, 0.1) is 11.3 Å². The van der Waals surface area contributed by atoms with Gasteiger partial charge in [-0.15, -0.1) is 0 Å². The van der Waals surface area contributed by atoms with Gasteiger partial charge in [0, 0.05) is 18.8 Å². The minimum atomic E-state index is -0.464. The molecular weight excluding hydrogens is 360 g/mol. The van der Waals surface area contributed by atoms with Crippen molar-refractivity contribution in [3.63, 3.8) is 0 Å². The monoisotopic (exact) mass is 382 g/mol. The number of pyridine rings is 1. The molecule has 1 saturated heterocycles. The lowest BCUT2D eigenvalue weighted by atomic mass is 10.2. The van der Waals surface area contributed by atoms with Crippen molar-refractivity contribution in [1.82, 2.24) is 20.1 Å². The van der Waals surface area contributed by atoms with E-state index >= 15 is 0 Å². The molecule has 28 heavy (non-hydrogen) atoms. The molecule has 0 radical (unpaired) electrons. The highest BCUT2D eigenvalue weighted by atomic mass is 16.5. The maximum atomic E-state index is 12.7. The fraction of sp³-hybridized carbons (Fsp3) is 0.421. The van der Waals surface area contributed by atoms with Gasteiger partial charge in [0.25, 0.3) is 11.8 Å². The number of aromatic nitrogens is 3. The maximum Gasteiger partial charge on any atom is 0.274 e. The zero-order valence-corrected chi connectivity index (χ0v) is 15.6. The summed E-state index contributed by atoms with van der Waals surface area (Å²) in [7, 11) is 0. The van der Waals surface area contributed by atoms with E-state index in [1.165, 1.54) is 6.20 Å². The molecule has 2 N–H and O–H groups in total. The van der Waals surface area contributed by atoms with E-state index in [4.69, 9.17) is 10.00 Å². The summed E-state index contributed by atoms with van der Waals surface area (Å²) in [5, 5.41) is 18.6. The summed E-state index contributed by atoms with van der Waals surface area (Å²) in [6.07, 6.45) is 5.78. The Hall–Kier alpha value is -3.25. The van der Waals surface area contributed by atoms with Crippen LogP contribution in [-0.4, -0.2) is 39.2 Å². The largest absolute Gasteiger partial charge is 0.357 e. The Bertz CT molecular complexity index is 868. The van der Waals surface area contributed by atoms with Crippen LogP contribution >= 0.6 is 0 Å². The number of nitrogens with one attached hydrogen (secondary N) is 2. The summed E-state index contributed by atoms with van der Waals surface area (Å²) in [5.41, 5.74) is 0.572. The van der Waals surface area contributed by atoms with Crippen LogP contribution in [0.5, 0.6) is 0 Å². The zero-order valence-electron chi connectivity index (χ0n) is 15.6. The molecule has 2 aromatic heterocycles. The minimum absolute atomic E-state index is 0.0724. The number of nitrogens with zero attached hydrogens (tertiary/aromatic N) is 4. The summed E-state index contributed by atoms with van der Waals surface area (Å²) in [6, 6.07) is 6.67. The Morgan fingerprint density at radius 1 is 1.39 bits per heavy atom. The molecule has 9 heteroatoms. The van der Waals surface area contributed by atoms with Gasteiger partial charge in [0.05, 0.1) is 24.4 Å². The number of rotatable bonds is 6. The van der Waals surface area contributed by atoms with Gasteiger partial charge in [-0.05, 0) is 38.3 Å². The van der Waals surface area contributed by atoms with Gasteiger partial charge in [-0.3, -0.25) is 14.6 Å². The van der Waals surface area contributed by atoms with Crippen molar-refractivity contribution >= 4 is 17.5 Å². The maximum absolute atomic E-state index is 12.7. The third-order valence-corrected chi connectivity index (χ3v) is 4.32. The van der Waals surface area contributed by atoms with Gasteiger partial charge < -0.3 is 15.4 Å². The van der Waals surface area contributed by atoms with E-state index in [1.807, 2.05) is 6.07 Å². The summed E-state index contributed by atoms with van der Waals surface area (Å²) >= 11 is 0. The lowest BCUT2D eigenvalue weighted by molar-refractivity contribution is -0.0395. The molecule has 0 bridgehead atoms. The normalized spacial score (nSPS) is 17.4. The fourth-order valence-corrected chi connectivity index (χ4v) is 2.89. The van der Waals surface area contributed by atoms with Crippen LogP contribution in [-0.2, 0) is 4.74 Å². The van der Waals surface area contributed by atoms with Crippen LogP contribution in [0.25, 0.3) is 0 Å². The number of nitriles is 1. The summed E-state index contributed by atoms with van der Waals surface area (Å²) in [4.78, 5) is 29.2. The lowest BCUT2D eigenvalue weighted by Crippen LogP contribution is -2.33. The van der Waals surface area contributed by atoms with Crippen molar-refractivity contribution in [1.29, 1.82) is 5.26 Å². The van der Waals surface area contributed by atoms with Crippen molar-refractivity contribution in [2.24, 2.45) is 0 Å². The van der Waals surface area contributed by atoms with E-state index < -0.39 is 11.8 Å². The molecule has 0 aliphatic carbocycles. The Kier molecular flexibility index (Phi) is 6.34. The second kappa shape index (κ2) is 9.10. The van der Waals surface area contributed by atoms with E-state index in [9.17, 15) is 9.59 Å². The lowest BCUT2D eigenvalue weighted by Gasteiger charge is -2.22. The molecule has 3 heterocycles. The molecule has 0 saturated carbocycles. The van der Waals surface area contributed by atoms with Gasteiger partial charge in [-0.2, -0.15) is 10.4 Å². The van der Waals surface area contributed by atoms with E-state index in [2.05, 4.69) is 20.7 Å². The summed E-state index contributed by atoms with van der Waals surface area (Å²) in [6.45, 7) is 2.36. The molecule has 1 fully saturated rings. The molecular formula is C19H22N6O3. The first kappa shape index (κ1) is 19.5. The van der Waals surface area contributed by atoms with Gasteiger partial charge in [-0.1, -0.05) is 6.07 Å². The van der Waals surface area contributed by atoms with Crippen LogP contribution < -0.4 is 10.6 Å². The second-order valence-corrected chi connectivity index (χ2v) is 6.60. The van der Waals surface area contributed by atoms with Crippen molar-refractivity contribution in [2.75, 3.05) is 11.9 Å². The third-order valence-electron chi connectivity index (χ3n) is 4.32. The first-order chi connectivity index (χ1) is 13.6. The van der Waals surface area contributed by atoms with Crippen molar-refractivity contribution in [2.45, 2.75) is 44.9 Å². The van der Waals surface area contributed by atoms with E-state index in [-0.39, 0.29) is 35.8 Å². The number of carbonyl (C=O) groups is 2. The van der Waals surface area contributed by atoms with Gasteiger partial charge in [0.1, 0.15) is 11.9 Å². The highest BCUT2D eigenvalue weighted by Crippen LogP contribution is 2.25. The van der Waals surface area contributed by atoms with Crippen LogP contribution in [0.3, 0.4) is 0 Å². The van der Waals surface area contributed by atoms with Gasteiger partial charge in [-0.25, -0.2) is 4.68 Å². The van der Waals surface area contributed by atoms with Crippen LogP contribution in [0.15, 0.2) is 30.6 Å². The Labute approximate surface area is 162 Å². The van der Waals surface area contributed by atoms with Crippen LogP contribution in [0.2, 0.25) is 0 Å². The van der Waals surface area contributed by atoms with Gasteiger partial charge in [0.2, 0.25) is 0 Å². The first-order valence-corrected chi connectivity index (χ1v) is 9.19. The van der Waals surface area contributed by atoms with Crippen molar-refractivity contribution in [3.8, 4) is 6.07 Å². The number of hydrogen-bond donors (Lipinski definition) is 2. The van der Waals surface area contributed by atoms with Gasteiger partial charge >= 0.3 is 0 Å². The first-order valence-electron chi connectivity index (χ1n) is 9.19. The predicted molar refractivity (Wildman–Crippen MR) is 100 cm³/mol. The standard InChI is InChI=1S/C19H22N6O3/c1-13(8-9-20)22-19(27)17-15(23-18(26)14-6-2-4-10-21-14)12-25(24-17)16-7-3-5-11-28-16/h2,4,6,10,12-13,16H,3,5,7-8,11H2,1H3,(H,22,27)(H,23,26)/t13-,16?/m1/s1. The smallest absolute Gasteiger partial charge is 0.274 e. The van der Waals surface area contributed by atoms with Crippen molar-refractivity contribution < 1.29 is 14.3 Å². The molecule has 1 aliphatic rings. The van der Waals surface area contributed by atoms with E-state index in [1.54, 1.807) is 36.0 Å². The number of ether oxygens (including phenoxy) is 1. The average Bonchev–Trinajstić information content (AvgIpc) is 3.13. The molecule has 2 atom stereocenters.